The summed E-state index contributed by atoms with van der Waals surface area (Å²) in [5.41, 5.74) is 2.04. The molecule has 0 aliphatic rings. The van der Waals surface area contributed by atoms with Crippen LogP contribution in [-0.4, -0.2) is 38.1 Å². The number of carbonyl (C=O) groups is 1. The van der Waals surface area contributed by atoms with Gasteiger partial charge in [-0.1, -0.05) is 60.7 Å². The molecule has 2 aromatic carbocycles. The third-order valence-corrected chi connectivity index (χ3v) is 3.48. The van der Waals surface area contributed by atoms with E-state index in [1.165, 1.54) is 7.11 Å². The highest BCUT2D eigenvalue weighted by atomic mass is 16.5. The lowest BCUT2D eigenvalue weighted by Gasteiger charge is -2.09. The fourth-order valence-electron chi connectivity index (χ4n) is 2.19. The highest BCUT2D eigenvalue weighted by Gasteiger charge is 2.16. The molecule has 0 fully saturated rings. The number of esters is 1. The Morgan fingerprint density at radius 3 is 2.17 bits per heavy atom. The van der Waals surface area contributed by atoms with Crippen molar-refractivity contribution in [3.05, 3.63) is 71.8 Å². The molecule has 1 atom stereocenters. The number of methoxy groups -OCH3 is 1. The second-order valence-corrected chi connectivity index (χ2v) is 5.32. The molecule has 124 valence electrons. The van der Waals surface area contributed by atoms with E-state index in [0.717, 1.165) is 17.5 Å². The van der Waals surface area contributed by atoms with E-state index in [9.17, 15) is 4.79 Å². The van der Waals surface area contributed by atoms with Crippen LogP contribution in [0, 0.1) is 0 Å². The molecule has 4 nitrogen and oxygen atoms in total. The summed E-state index contributed by atoms with van der Waals surface area (Å²) in [7, 11) is 1.39. The second kappa shape index (κ2) is 10.1. The van der Waals surface area contributed by atoms with Crippen LogP contribution in [0.3, 0.4) is 0 Å². The van der Waals surface area contributed by atoms with Crippen LogP contribution < -0.4 is 0 Å². The lowest BCUT2D eigenvalue weighted by Crippen LogP contribution is -2.20. The van der Waals surface area contributed by atoms with Gasteiger partial charge in [-0.25, -0.2) is 4.79 Å². The van der Waals surface area contributed by atoms with Gasteiger partial charge in [-0.3, -0.25) is 9.98 Å². The normalized spacial score (nSPS) is 12.5. The Balaban J connectivity index is 1.84. The zero-order chi connectivity index (χ0) is 17.0. The SMILES string of the molecule is COC(=O)C(CCCN=Cc1ccccc1)N=Cc1ccccc1. The Kier molecular flexibility index (Phi) is 7.41. The van der Waals surface area contributed by atoms with Crippen molar-refractivity contribution in [3.63, 3.8) is 0 Å². The van der Waals surface area contributed by atoms with Crippen LogP contribution in [0.2, 0.25) is 0 Å². The van der Waals surface area contributed by atoms with Gasteiger partial charge in [0, 0.05) is 19.0 Å². The van der Waals surface area contributed by atoms with Crippen molar-refractivity contribution in [1.29, 1.82) is 0 Å². The molecule has 0 saturated heterocycles. The van der Waals surface area contributed by atoms with E-state index in [-0.39, 0.29) is 5.97 Å². The standard InChI is InChI=1S/C20H22N2O2/c1-24-20(23)19(22-16-18-11-6-3-7-12-18)13-8-14-21-15-17-9-4-2-5-10-17/h2-7,9-12,15-16,19H,8,13-14H2,1H3. The Labute approximate surface area is 142 Å². The van der Waals surface area contributed by atoms with Gasteiger partial charge >= 0.3 is 5.97 Å². The van der Waals surface area contributed by atoms with Crippen LogP contribution in [0.25, 0.3) is 0 Å². The number of ether oxygens (including phenoxy) is 1. The van der Waals surface area contributed by atoms with Gasteiger partial charge in [-0.2, -0.15) is 0 Å². The number of benzene rings is 2. The molecule has 24 heavy (non-hydrogen) atoms. The first-order valence-electron chi connectivity index (χ1n) is 8.00. The molecular weight excluding hydrogens is 300 g/mol. The zero-order valence-corrected chi connectivity index (χ0v) is 13.8. The minimum absolute atomic E-state index is 0.311. The minimum Gasteiger partial charge on any atom is -0.467 e. The van der Waals surface area contributed by atoms with E-state index in [4.69, 9.17) is 4.74 Å². The first-order valence-corrected chi connectivity index (χ1v) is 8.00. The Morgan fingerprint density at radius 1 is 1.00 bits per heavy atom. The van der Waals surface area contributed by atoms with Crippen molar-refractivity contribution in [2.75, 3.05) is 13.7 Å². The molecule has 0 aliphatic heterocycles. The highest BCUT2D eigenvalue weighted by molar-refractivity contribution is 5.84. The molecule has 4 heteroatoms. The van der Waals surface area contributed by atoms with Gasteiger partial charge in [0.1, 0.15) is 6.04 Å². The Bertz CT molecular complexity index is 667. The van der Waals surface area contributed by atoms with E-state index < -0.39 is 6.04 Å². The second-order valence-electron chi connectivity index (χ2n) is 5.32. The first kappa shape index (κ1) is 17.6. The van der Waals surface area contributed by atoms with Crippen LogP contribution in [0.1, 0.15) is 24.0 Å². The molecule has 2 aromatic rings. The topological polar surface area (TPSA) is 51.0 Å². The van der Waals surface area contributed by atoms with Crippen LogP contribution >= 0.6 is 0 Å². The van der Waals surface area contributed by atoms with E-state index in [1.54, 1.807) is 6.21 Å². The predicted octanol–water partition coefficient (Wildman–Crippen LogP) is 3.55. The largest absolute Gasteiger partial charge is 0.467 e. The number of carbonyl (C=O) groups excluding carboxylic acids is 1. The summed E-state index contributed by atoms with van der Waals surface area (Å²) in [6.07, 6.45) is 4.95. The summed E-state index contributed by atoms with van der Waals surface area (Å²) >= 11 is 0. The van der Waals surface area contributed by atoms with Gasteiger partial charge in [0.05, 0.1) is 7.11 Å². The van der Waals surface area contributed by atoms with Gasteiger partial charge in [-0.15, -0.1) is 0 Å². The van der Waals surface area contributed by atoms with Crippen molar-refractivity contribution in [2.45, 2.75) is 18.9 Å². The summed E-state index contributed by atoms with van der Waals surface area (Å²) < 4.78 is 4.84. The highest BCUT2D eigenvalue weighted by Crippen LogP contribution is 2.06. The summed E-state index contributed by atoms with van der Waals surface area (Å²) in [5, 5.41) is 0. The third-order valence-electron chi connectivity index (χ3n) is 3.48. The maximum Gasteiger partial charge on any atom is 0.330 e. The van der Waals surface area contributed by atoms with Crippen LogP contribution in [0.4, 0.5) is 0 Å². The molecular formula is C20H22N2O2. The number of aliphatic imine (C=N–C) groups is 2. The molecule has 0 amide bonds. The smallest absolute Gasteiger partial charge is 0.330 e. The van der Waals surface area contributed by atoms with Crippen molar-refractivity contribution < 1.29 is 9.53 Å². The average molecular weight is 322 g/mol. The molecule has 0 radical (unpaired) electrons. The molecule has 0 aliphatic carbocycles. The van der Waals surface area contributed by atoms with Crippen molar-refractivity contribution in [2.24, 2.45) is 9.98 Å². The van der Waals surface area contributed by atoms with E-state index in [2.05, 4.69) is 9.98 Å². The third kappa shape index (κ3) is 6.16. The molecule has 0 saturated carbocycles. The molecule has 0 N–H and O–H groups in total. The average Bonchev–Trinajstić information content (AvgIpc) is 2.65. The maximum absolute atomic E-state index is 11.8. The van der Waals surface area contributed by atoms with Crippen molar-refractivity contribution in [1.82, 2.24) is 0 Å². The van der Waals surface area contributed by atoms with Gasteiger partial charge in [-0.05, 0) is 24.0 Å². The van der Waals surface area contributed by atoms with E-state index in [1.807, 2.05) is 66.9 Å². The minimum atomic E-state index is -0.484. The van der Waals surface area contributed by atoms with Crippen molar-refractivity contribution >= 4 is 18.4 Å². The summed E-state index contributed by atoms with van der Waals surface area (Å²) in [6.45, 7) is 0.656. The zero-order valence-electron chi connectivity index (χ0n) is 13.8. The molecule has 1 unspecified atom stereocenters. The van der Waals surface area contributed by atoms with Gasteiger partial charge in [0.2, 0.25) is 0 Å². The van der Waals surface area contributed by atoms with Gasteiger partial charge < -0.3 is 4.74 Å². The molecule has 0 bridgehead atoms. The van der Waals surface area contributed by atoms with E-state index >= 15 is 0 Å². The fraction of sp³-hybridized carbons (Fsp3) is 0.250. The predicted molar refractivity (Wildman–Crippen MR) is 98.0 cm³/mol. The number of hydrogen-bond acceptors (Lipinski definition) is 4. The molecule has 2 rings (SSSR count). The molecule has 0 heterocycles. The fourth-order valence-corrected chi connectivity index (χ4v) is 2.19. The summed E-state index contributed by atoms with van der Waals surface area (Å²) in [5.74, 6) is -0.311. The lowest BCUT2D eigenvalue weighted by molar-refractivity contribution is -0.142. The van der Waals surface area contributed by atoms with Crippen molar-refractivity contribution in [3.8, 4) is 0 Å². The summed E-state index contributed by atoms with van der Waals surface area (Å²) in [4.78, 5) is 20.6. The Hall–Kier alpha value is -2.75. The molecule has 0 aromatic heterocycles. The quantitative estimate of drug-likeness (QED) is 0.424. The van der Waals surface area contributed by atoms with Crippen LogP contribution in [0.15, 0.2) is 70.6 Å². The summed E-state index contributed by atoms with van der Waals surface area (Å²) in [6, 6.07) is 19.2. The maximum atomic E-state index is 11.8. The van der Waals surface area contributed by atoms with Crippen LogP contribution in [0.5, 0.6) is 0 Å². The molecule has 0 spiro atoms. The van der Waals surface area contributed by atoms with Gasteiger partial charge in [0.25, 0.3) is 0 Å². The number of nitrogens with zero attached hydrogens (tertiary/aromatic N) is 2. The lowest BCUT2D eigenvalue weighted by atomic mass is 10.1. The Morgan fingerprint density at radius 2 is 1.58 bits per heavy atom. The van der Waals surface area contributed by atoms with E-state index in [0.29, 0.717) is 13.0 Å². The first-order chi connectivity index (χ1) is 11.8. The number of hydrogen-bond donors (Lipinski definition) is 0. The van der Waals surface area contributed by atoms with Gasteiger partial charge in [0.15, 0.2) is 0 Å². The monoisotopic (exact) mass is 322 g/mol. The number of rotatable bonds is 8. The van der Waals surface area contributed by atoms with Crippen LogP contribution in [-0.2, 0) is 9.53 Å².